The third kappa shape index (κ3) is 2.97. The molecule has 3 rings (SSSR count). The Morgan fingerprint density at radius 2 is 1.80 bits per heavy atom. The van der Waals surface area contributed by atoms with Gasteiger partial charge in [0.1, 0.15) is 5.52 Å². The summed E-state index contributed by atoms with van der Waals surface area (Å²) in [5, 5.41) is 32.0. The molecule has 1 aromatic heterocycles. The summed E-state index contributed by atoms with van der Waals surface area (Å²) < 4.78 is 1.50. The predicted molar refractivity (Wildman–Crippen MR) is 86.2 cm³/mol. The summed E-state index contributed by atoms with van der Waals surface area (Å²) >= 11 is 0. The van der Waals surface area contributed by atoms with E-state index in [0.717, 1.165) is 12.1 Å². The summed E-state index contributed by atoms with van der Waals surface area (Å²) in [6.45, 7) is 0. The normalized spacial score (nSPS) is 10.6. The van der Waals surface area contributed by atoms with Gasteiger partial charge in [0, 0.05) is 30.4 Å². The SMILES string of the molecule is Cn1nnc2ccc(C(=O)Nc3ccc([N+](=O)[O-])c([N+](=O)[O-])c3)cc21. The van der Waals surface area contributed by atoms with Gasteiger partial charge in [-0.3, -0.25) is 25.0 Å². The van der Waals surface area contributed by atoms with Gasteiger partial charge in [0.25, 0.3) is 5.91 Å². The first-order chi connectivity index (χ1) is 11.9. The minimum Gasteiger partial charge on any atom is -0.322 e. The molecule has 0 aliphatic carbocycles. The molecule has 1 amide bonds. The van der Waals surface area contributed by atoms with Crippen molar-refractivity contribution in [3.05, 3.63) is 62.2 Å². The molecule has 2 aromatic carbocycles. The van der Waals surface area contributed by atoms with Crippen molar-refractivity contribution in [2.24, 2.45) is 7.05 Å². The second-order valence-electron chi connectivity index (χ2n) is 5.09. The number of carbonyl (C=O) groups excluding carboxylic acids is 1. The Bertz CT molecular complexity index is 1030. The molecule has 0 radical (unpaired) electrons. The van der Waals surface area contributed by atoms with E-state index >= 15 is 0 Å². The van der Waals surface area contributed by atoms with Crippen LogP contribution in [0.5, 0.6) is 0 Å². The van der Waals surface area contributed by atoms with Crippen LogP contribution < -0.4 is 5.32 Å². The second kappa shape index (κ2) is 5.96. The summed E-state index contributed by atoms with van der Waals surface area (Å²) in [7, 11) is 1.68. The Kier molecular flexibility index (Phi) is 3.81. The van der Waals surface area contributed by atoms with Gasteiger partial charge in [-0.15, -0.1) is 5.10 Å². The first kappa shape index (κ1) is 16.0. The van der Waals surface area contributed by atoms with Gasteiger partial charge in [0.05, 0.1) is 15.4 Å². The van der Waals surface area contributed by atoms with Crippen molar-refractivity contribution < 1.29 is 14.6 Å². The van der Waals surface area contributed by atoms with Crippen molar-refractivity contribution in [2.75, 3.05) is 5.32 Å². The Hall–Kier alpha value is -3.89. The lowest BCUT2D eigenvalue weighted by Gasteiger charge is -2.05. The van der Waals surface area contributed by atoms with Crippen LogP contribution in [-0.4, -0.2) is 30.7 Å². The molecule has 0 atom stereocenters. The third-order valence-electron chi connectivity index (χ3n) is 3.50. The van der Waals surface area contributed by atoms with Crippen molar-refractivity contribution in [1.29, 1.82) is 0 Å². The first-order valence-corrected chi connectivity index (χ1v) is 6.90. The van der Waals surface area contributed by atoms with Gasteiger partial charge in [0.15, 0.2) is 0 Å². The van der Waals surface area contributed by atoms with Crippen molar-refractivity contribution in [3.8, 4) is 0 Å². The molecule has 11 heteroatoms. The van der Waals surface area contributed by atoms with Crippen molar-refractivity contribution >= 4 is 34.0 Å². The Morgan fingerprint density at radius 3 is 2.48 bits per heavy atom. The van der Waals surface area contributed by atoms with Crippen LogP contribution in [0.25, 0.3) is 11.0 Å². The molecule has 0 saturated heterocycles. The van der Waals surface area contributed by atoms with Gasteiger partial charge in [-0.25, -0.2) is 4.68 Å². The molecule has 25 heavy (non-hydrogen) atoms. The molecule has 0 saturated carbocycles. The lowest BCUT2D eigenvalue weighted by molar-refractivity contribution is -0.422. The first-order valence-electron chi connectivity index (χ1n) is 6.90. The summed E-state index contributed by atoms with van der Waals surface area (Å²) in [5.41, 5.74) is 0.274. The molecule has 1 heterocycles. The van der Waals surface area contributed by atoms with Crippen LogP contribution in [0.1, 0.15) is 10.4 Å². The zero-order chi connectivity index (χ0) is 18.1. The average molecular weight is 342 g/mol. The molecule has 1 N–H and O–H groups in total. The number of hydrogen-bond acceptors (Lipinski definition) is 7. The largest absolute Gasteiger partial charge is 0.348 e. The minimum absolute atomic E-state index is 0.0746. The number of amides is 1. The number of nitro benzene ring substituents is 2. The Morgan fingerprint density at radius 1 is 1.08 bits per heavy atom. The molecule has 0 aliphatic rings. The number of aromatic nitrogens is 3. The van der Waals surface area contributed by atoms with Gasteiger partial charge < -0.3 is 5.32 Å². The van der Waals surface area contributed by atoms with Crippen molar-refractivity contribution in [2.45, 2.75) is 0 Å². The number of nitro groups is 2. The number of anilines is 1. The number of nitrogens with zero attached hydrogens (tertiary/aromatic N) is 5. The van der Waals surface area contributed by atoms with E-state index in [2.05, 4.69) is 15.6 Å². The second-order valence-corrected chi connectivity index (χ2v) is 5.09. The highest BCUT2D eigenvalue weighted by Gasteiger charge is 2.24. The third-order valence-corrected chi connectivity index (χ3v) is 3.50. The lowest BCUT2D eigenvalue weighted by atomic mass is 10.1. The summed E-state index contributed by atoms with van der Waals surface area (Å²) in [5.74, 6) is -0.522. The fourth-order valence-corrected chi connectivity index (χ4v) is 2.28. The molecule has 3 aromatic rings. The maximum Gasteiger partial charge on any atom is 0.348 e. The number of hydrogen-bond donors (Lipinski definition) is 1. The summed E-state index contributed by atoms with van der Waals surface area (Å²) in [6, 6.07) is 7.88. The average Bonchev–Trinajstić information content (AvgIpc) is 2.95. The van der Waals surface area contributed by atoms with Crippen molar-refractivity contribution in [1.82, 2.24) is 15.0 Å². The molecule has 0 aliphatic heterocycles. The number of rotatable bonds is 4. The number of carbonyl (C=O) groups is 1. The zero-order valence-electron chi connectivity index (χ0n) is 12.7. The number of aryl methyl sites for hydroxylation is 1. The monoisotopic (exact) mass is 342 g/mol. The molecule has 0 bridgehead atoms. The van der Waals surface area contributed by atoms with Gasteiger partial charge in [-0.1, -0.05) is 5.21 Å². The topological polar surface area (TPSA) is 146 Å². The van der Waals surface area contributed by atoms with Crippen LogP contribution >= 0.6 is 0 Å². The summed E-state index contributed by atoms with van der Waals surface area (Å²) in [6.07, 6.45) is 0. The Labute approximate surface area is 139 Å². The molecule has 0 spiro atoms. The number of nitrogens with one attached hydrogen (secondary N) is 1. The predicted octanol–water partition coefficient (Wildman–Crippen LogP) is 2.04. The lowest BCUT2D eigenvalue weighted by Crippen LogP contribution is -2.12. The minimum atomic E-state index is -0.874. The fraction of sp³-hybridized carbons (Fsp3) is 0.0714. The maximum atomic E-state index is 12.3. The smallest absolute Gasteiger partial charge is 0.322 e. The highest BCUT2D eigenvalue weighted by molar-refractivity contribution is 6.06. The van der Waals surface area contributed by atoms with E-state index in [1.807, 2.05) is 0 Å². The van der Waals surface area contributed by atoms with Crippen molar-refractivity contribution in [3.63, 3.8) is 0 Å². The van der Waals surface area contributed by atoms with Gasteiger partial charge >= 0.3 is 11.4 Å². The number of fused-ring (bicyclic) bond motifs is 1. The van der Waals surface area contributed by atoms with E-state index in [9.17, 15) is 25.0 Å². The van der Waals surface area contributed by atoms with Gasteiger partial charge in [0.2, 0.25) is 0 Å². The molecule has 11 nitrogen and oxygen atoms in total. The molecule has 0 fully saturated rings. The zero-order valence-corrected chi connectivity index (χ0v) is 12.7. The van der Waals surface area contributed by atoms with E-state index in [4.69, 9.17) is 0 Å². The van der Waals surface area contributed by atoms with Crippen LogP contribution in [0.4, 0.5) is 17.1 Å². The van der Waals surface area contributed by atoms with Gasteiger partial charge in [-0.05, 0) is 24.3 Å². The van der Waals surface area contributed by atoms with Crippen LogP contribution in [-0.2, 0) is 7.05 Å². The summed E-state index contributed by atoms with van der Waals surface area (Å²) in [4.78, 5) is 32.4. The van der Waals surface area contributed by atoms with Crippen LogP contribution in [0, 0.1) is 20.2 Å². The van der Waals surface area contributed by atoms with E-state index in [1.54, 1.807) is 19.2 Å². The van der Waals surface area contributed by atoms with Crippen LogP contribution in [0.3, 0.4) is 0 Å². The maximum absolute atomic E-state index is 12.3. The highest BCUT2D eigenvalue weighted by atomic mass is 16.6. The molecular formula is C14H10N6O5. The highest BCUT2D eigenvalue weighted by Crippen LogP contribution is 2.29. The van der Waals surface area contributed by atoms with E-state index in [-0.39, 0.29) is 5.69 Å². The fourth-order valence-electron chi connectivity index (χ4n) is 2.28. The van der Waals surface area contributed by atoms with E-state index in [1.165, 1.54) is 16.8 Å². The molecular weight excluding hydrogens is 332 g/mol. The standard InChI is InChI=1S/C14H10N6O5/c1-18-12-6-8(2-4-10(12)16-17-18)14(21)15-9-3-5-11(19(22)23)13(7-9)20(24)25/h2-7H,1H3,(H,15,21). The Balaban J connectivity index is 1.91. The molecule has 126 valence electrons. The van der Waals surface area contributed by atoms with Crippen LogP contribution in [0.15, 0.2) is 36.4 Å². The van der Waals surface area contributed by atoms with E-state index in [0.29, 0.717) is 16.6 Å². The van der Waals surface area contributed by atoms with Crippen LogP contribution in [0.2, 0.25) is 0 Å². The number of benzene rings is 2. The van der Waals surface area contributed by atoms with E-state index < -0.39 is 27.1 Å². The van der Waals surface area contributed by atoms with Gasteiger partial charge in [-0.2, -0.15) is 0 Å². The molecule has 0 unspecified atom stereocenters. The quantitative estimate of drug-likeness (QED) is 0.563.